The molecule has 0 fully saturated rings. The molecule has 1 heterocycles. The van der Waals surface area contributed by atoms with Crippen LogP contribution in [0.1, 0.15) is 0 Å². The average Bonchev–Trinajstić information content (AvgIpc) is 1.64. The molecule has 0 spiro atoms. The molecule has 0 aliphatic carbocycles. The summed E-state index contributed by atoms with van der Waals surface area (Å²) in [7, 11) is 0. The summed E-state index contributed by atoms with van der Waals surface area (Å²) in [5.41, 5.74) is 4.75. The van der Waals surface area contributed by atoms with E-state index in [1.807, 2.05) is 0 Å². The maximum Gasteiger partial charge on any atom is 1.00 e. The minimum Gasteiger partial charge on any atom is -0.385 e. The molecule has 0 aromatic carbocycles. The second-order valence-electron chi connectivity index (χ2n) is 1.33. The summed E-state index contributed by atoms with van der Waals surface area (Å²) in [6, 6.07) is 1.52. The van der Waals surface area contributed by atoms with Crippen LogP contribution in [0, 0.1) is 0 Å². The van der Waals surface area contributed by atoms with E-state index in [4.69, 9.17) is 5.73 Å². The van der Waals surface area contributed by atoms with E-state index in [0.717, 1.165) is 0 Å². The van der Waals surface area contributed by atoms with E-state index in [-0.39, 0.29) is 29.6 Å². The zero-order valence-electron chi connectivity index (χ0n) is 5.09. The molecule has 0 amide bonds. The Hall–Kier alpha value is -0.320. The number of nitrogen functional groups attached to an aromatic ring is 1. The quantitative estimate of drug-likeness (QED) is 0.359. The largest absolute Gasteiger partial charge is 1.00 e. The van der Waals surface area contributed by atoms with E-state index in [9.17, 15) is 4.79 Å². The number of aromatic nitrogens is 2. The summed E-state index contributed by atoms with van der Waals surface area (Å²) >= 11 is 0. The van der Waals surface area contributed by atoms with Crippen LogP contribution in [0.25, 0.3) is 0 Å². The van der Waals surface area contributed by atoms with Gasteiger partial charge in [-0.1, -0.05) is 0 Å². The van der Waals surface area contributed by atoms with Crippen LogP contribution in [0.4, 0.5) is 5.82 Å². The average molecular weight is 134 g/mol. The van der Waals surface area contributed by atoms with Crippen LogP contribution in [0.15, 0.2) is 17.1 Å². The molecule has 0 unspecified atom stereocenters. The standard InChI is InChI=1S/C4H5N3O.Na/c5-3-1-2-6-4(8)7-3;/h1-2H,(H3,5,6,7,8);/q;+1. The van der Waals surface area contributed by atoms with Crippen LogP contribution in [0.3, 0.4) is 0 Å². The van der Waals surface area contributed by atoms with Gasteiger partial charge in [0.25, 0.3) is 0 Å². The van der Waals surface area contributed by atoms with Gasteiger partial charge in [0.1, 0.15) is 5.82 Å². The van der Waals surface area contributed by atoms with Gasteiger partial charge in [0.15, 0.2) is 0 Å². The van der Waals surface area contributed by atoms with E-state index in [0.29, 0.717) is 5.82 Å². The molecular weight excluding hydrogens is 129 g/mol. The predicted octanol–water partition coefficient (Wildman–Crippen LogP) is -3.64. The van der Waals surface area contributed by atoms with Crippen molar-refractivity contribution in [3.05, 3.63) is 22.7 Å². The first kappa shape index (κ1) is 8.68. The molecule has 0 radical (unpaired) electrons. The second kappa shape index (κ2) is 3.66. The third-order valence-corrected chi connectivity index (χ3v) is 0.697. The van der Waals surface area contributed by atoms with Crippen LogP contribution in [-0.4, -0.2) is 9.97 Å². The van der Waals surface area contributed by atoms with Gasteiger partial charge in [0, 0.05) is 6.20 Å². The van der Waals surface area contributed by atoms with Crippen molar-refractivity contribution in [1.29, 1.82) is 0 Å². The van der Waals surface area contributed by atoms with Crippen molar-refractivity contribution >= 4 is 5.82 Å². The molecule has 4 nitrogen and oxygen atoms in total. The number of nitrogens with one attached hydrogen (secondary N) is 1. The number of anilines is 1. The van der Waals surface area contributed by atoms with Crippen molar-refractivity contribution in [2.75, 3.05) is 5.73 Å². The Morgan fingerprint density at radius 1 is 1.67 bits per heavy atom. The van der Waals surface area contributed by atoms with Gasteiger partial charge in [0.2, 0.25) is 0 Å². The Labute approximate surface area is 73.8 Å². The summed E-state index contributed by atoms with van der Waals surface area (Å²) in [6.45, 7) is 0. The first-order valence-electron chi connectivity index (χ1n) is 2.10. The molecule has 1 aromatic heterocycles. The third-order valence-electron chi connectivity index (χ3n) is 0.697. The van der Waals surface area contributed by atoms with Gasteiger partial charge in [-0.05, 0) is 6.07 Å². The Morgan fingerprint density at radius 2 is 2.33 bits per heavy atom. The molecule has 1 aromatic rings. The van der Waals surface area contributed by atoms with Crippen molar-refractivity contribution in [3.63, 3.8) is 0 Å². The van der Waals surface area contributed by atoms with Gasteiger partial charge in [-0.2, -0.15) is 0 Å². The number of hydrogen-bond donors (Lipinski definition) is 2. The number of hydrogen-bond acceptors (Lipinski definition) is 3. The van der Waals surface area contributed by atoms with Gasteiger partial charge in [0.05, 0.1) is 0 Å². The third kappa shape index (κ3) is 2.64. The number of nitrogens with zero attached hydrogens (tertiary/aromatic N) is 1. The maximum atomic E-state index is 10.2. The van der Waals surface area contributed by atoms with Crippen LogP contribution in [-0.2, 0) is 0 Å². The minimum absolute atomic E-state index is 0. The molecule has 0 saturated carbocycles. The Morgan fingerprint density at radius 3 is 2.67 bits per heavy atom. The molecule has 0 aliphatic rings. The van der Waals surface area contributed by atoms with Gasteiger partial charge in [-0.3, -0.25) is 4.98 Å². The summed E-state index contributed by atoms with van der Waals surface area (Å²) in [5.74, 6) is 0.338. The molecule has 3 N–H and O–H groups in total. The van der Waals surface area contributed by atoms with Crippen molar-refractivity contribution in [2.24, 2.45) is 0 Å². The molecule has 5 heteroatoms. The second-order valence-corrected chi connectivity index (χ2v) is 1.33. The van der Waals surface area contributed by atoms with Gasteiger partial charge >= 0.3 is 35.2 Å². The fourth-order valence-electron chi connectivity index (χ4n) is 0.383. The molecule has 0 saturated heterocycles. The normalized spacial score (nSPS) is 8.00. The molecule has 0 aliphatic heterocycles. The maximum absolute atomic E-state index is 10.2. The SMILES string of the molecule is Nc1ccnc(=O)[nH]1.[Na+]. The number of aromatic amines is 1. The number of H-pyrrole nitrogens is 1. The Bertz CT molecular complexity index is 233. The predicted molar refractivity (Wildman–Crippen MR) is 29.3 cm³/mol. The smallest absolute Gasteiger partial charge is 0.385 e. The van der Waals surface area contributed by atoms with E-state index in [1.54, 1.807) is 0 Å². The van der Waals surface area contributed by atoms with Crippen LogP contribution in [0.5, 0.6) is 0 Å². The van der Waals surface area contributed by atoms with Crippen molar-refractivity contribution in [2.45, 2.75) is 0 Å². The van der Waals surface area contributed by atoms with Crippen LogP contribution >= 0.6 is 0 Å². The Balaban J connectivity index is 0.000000640. The Kier molecular flexibility index (Phi) is 3.53. The molecular formula is C4H5N3NaO+. The van der Waals surface area contributed by atoms with E-state index in [1.165, 1.54) is 12.3 Å². The van der Waals surface area contributed by atoms with Gasteiger partial charge in [-0.25, -0.2) is 9.78 Å². The van der Waals surface area contributed by atoms with Crippen molar-refractivity contribution < 1.29 is 29.6 Å². The minimum atomic E-state index is -0.412. The fraction of sp³-hybridized carbons (Fsp3) is 0. The first-order chi connectivity index (χ1) is 3.79. The topological polar surface area (TPSA) is 71.8 Å². The zero-order chi connectivity index (χ0) is 5.98. The first-order valence-corrected chi connectivity index (χ1v) is 2.10. The van der Waals surface area contributed by atoms with Gasteiger partial charge in [-0.15, -0.1) is 0 Å². The molecule has 1 rings (SSSR count). The van der Waals surface area contributed by atoms with Crippen molar-refractivity contribution in [3.8, 4) is 0 Å². The van der Waals surface area contributed by atoms with E-state index < -0.39 is 5.69 Å². The monoisotopic (exact) mass is 134 g/mol. The van der Waals surface area contributed by atoms with Crippen molar-refractivity contribution in [1.82, 2.24) is 9.97 Å². The van der Waals surface area contributed by atoms with E-state index >= 15 is 0 Å². The number of rotatable bonds is 0. The number of nitrogens with two attached hydrogens (primary N) is 1. The van der Waals surface area contributed by atoms with Crippen LogP contribution in [0.2, 0.25) is 0 Å². The molecule has 0 bridgehead atoms. The van der Waals surface area contributed by atoms with Crippen LogP contribution < -0.4 is 41.0 Å². The fourth-order valence-corrected chi connectivity index (χ4v) is 0.383. The molecule has 42 valence electrons. The van der Waals surface area contributed by atoms with E-state index in [2.05, 4.69) is 9.97 Å². The zero-order valence-corrected chi connectivity index (χ0v) is 7.09. The summed E-state index contributed by atoms with van der Waals surface area (Å²) in [6.07, 6.45) is 1.36. The molecule has 0 atom stereocenters. The summed E-state index contributed by atoms with van der Waals surface area (Å²) < 4.78 is 0. The summed E-state index contributed by atoms with van der Waals surface area (Å²) in [5, 5.41) is 0. The molecule has 9 heavy (non-hydrogen) atoms. The van der Waals surface area contributed by atoms with Gasteiger partial charge < -0.3 is 5.73 Å². The summed E-state index contributed by atoms with van der Waals surface area (Å²) in [4.78, 5) is 15.9.